The molecule has 0 bridgehead atoms. The molecule has 27 heavy (non-hydrogen) atoms. The first-order valence-corrected chi connectivity index (χ1v) is 9.07. The summed E-state index contributed by atoms with van der Waals surface area (Å²) >= 11 is 0. The summed E-state index contributed by atoms with van der Waals surface area (Å²) in [6, 6.07) is 10.9. The van der Waals surface area contributed by atoms with E-state index < -0.39 is 28.7 Å². The molecule has 0 aliphatic heterocycles. The van der Waals surface area contributed by atoms with Crippen molar-refractivity contribution in [3.63, 3.8) is 0 Å². The predicted molar refractivity (Wildman–Crippen MR) is 93.3 cm³/mol. The molecule has 0 aromatic heterocycles. The second-order valence-corrected chi connectivity index (χ2v) is 7.82. The van der Waals surface area contributed by atoms with Gasteiger partial charge < -0.3 is 10.1 Å². The van der Waals surface area contributed by atoms with Crippen LogP contribution < -0.4 is 10.1 Å². The topological polar surface area (TPSA) is 75.7 Å². The number of nitrogens with one attached hydrogen (secondary N) is 1. The van der Waals surface area contributed by atoms with Crippen molar-refractivity contribution in [3.8, 4) is 5.75 Å². The fourth-order valence-electron chi connectivity index (χ4n) is 2.04. The van der Waals surface area contributed by atoms with Crippen LogP contribution in [0.4, 0.5) is 18.9 Å². The Balaban J connectivity index is 2.16. The van der Waals surface area contributed by atoms with Gasteiger partial charge in [0.05, 0.1) is 10.6 Å². The largest absolute Gasteiger partial charge is 0.482 e. The summed E-state index contributed by atoms with van der Waals surface area (Å²) in [6.45, 7) is -1.49. The van der Waals surface area contributed by atoms with Crippen molar-refractivity contribution in [2.24, 2.45) is 0 Å². The van der Waals surface area contributed by atoms with Gasteiger partial charge in [0.25, 0.3) is 5.91 Å². The van der Waals surface area contributed by atoms with Gasteiger partial charge in [0, 0.05) is 19.7 Å². The number of halogens is 3. The Kier molecular flexibility index (Phi) is 6.11. The molecule has 0 heterocycles. The Morgan fingerprint density at radius 2 is 1.67 bits per heavy atom. The molecule has 0 aliphatic rings. The maximum atomic E-state index is 12.3. The van der Waals surface area contributed by atoms with Gasteiger partial charge in [-0.1, -0.05) is 12.1 Å². The standard InChI is InChI=1S/C17H17F3N2O4S/c1-22(2)27(24,25)13-9-7-12(8-10-13)16(23)21-14-5-3-4-6-15(14)26-11-17(18,19)20/h3-10H,11H2,1-2H3,(H,21,23). The van der Waals surface area contributed by atoms with Crippen LogP contribution in [-0.2, 0) is 10.0 Å². The summed E-state index contributed by atoms with van der Waals surface area (Å²) in [7, 11) is -0.866. The Bertz CT molecular complexity index is 911. The van der Waals surface area contributed by atoms with Crippen molar-refractivity contribution in [3.05, 3.63) is 54.1 Å². The number of alkyl halides is 3. The lowest BCUT2D eigenvalue weighted by atomic mass is 10.2. The number of para-hydroxylation sites is 2. The van der Waals surface area contributed by atoms with E-state index in [-0.39, 0.29) is 21.9 Å². The minimum absolute atomic E-state index is 0.0120. The zero-order valence-electron chi connectivity index (χ0n) is 14.4. The van der Waals surface area contributed by atoms with E-state index in [2.05, 4.69) is 5.32 Å². The third-order valence-corrected chi connectivity index (χ3v) is 5.25. The molecule has 0 aliphatic carbocycles. The second kappa shape index (κ2) is 7.97. The van der Waals surface area contributed by atoms with Gasteiger partial charge in [-0.3, -0.25) is 4.79 Å². The molecule has 0 radical (unpaired) electrons. The molecular formula is C17H17F3N2O4S. The Morgan fingerprint density at radius 1 is 1.07 bits per heavy atom. The van der Waals surface area contributed by atoms with Crippen LogP contribution >= 0.6 is 0 Å². The lowest BCUT2D eigenvalue weighted by Crippen LogP contribution is -2.22. The number of ether oxygens (including phenoxy) is 1. The first-order chi connectivity index (χ1) is 12.5. The first-order valence-electron chi connectivity index (χ1n) is 7.63. The third-order valence-electron chi connectivity index (χ3n) is 3.42. The van der Waals surface area contributed by atoms with Crippen molar-refractivity contribution in [1.29, 1.82) is 0 Å². The predicted octanol–water partition coefficient (Wildman–Crippen LogP) is 3.13. The zero-order valence-corrected chi connectivity index (χ0v) is 15.3. The summed E-state index contributed by atoms with van der Waals surface area (Å²) < 4.78 is 66.8. The quantitative estimate of drug-likeness (QED) is 0.806. The fourth-order valence-corrected chi connectivity index (χ4v) is 2.94. The average molecular weight is 402 g/mol. The monoisotopic (exact) mass is 402 g/mol. The Labute approximate surface area is 154 Å². The highest BCUT2D eigenvalue weighted by Gasteiger charge is 2.29. The molecule has 2 aromatic rings. The SMILES string of the molecule is CN(C)S(=O)(=O)c1ccc(C(=O)Nc2ccccc2OCC(F)(F)F)cc1. The molecular weight excluding hydrogens is 385 g/mol. The molecule has 2 rings (SSSR count). The molecule has 146 valence electrons. The van der Waals surface area contributed by atoms with Crippen molar-refractivity contribution < 1.29 is 31.1 Å². The van der Waals surface area contributed by atoms with Crippen molar-refractivity contribution in [1.82, 2.24) is 4.31 Å². The molecule has 2 aromatic carbocycles. The number of nitrogens with zero attached hydrogens (tertiary/aromatic N) is 1. The number of rotatable bonds is 6. The van der Waals surface area contributed by atoms with E-state index in [4.69, 9.17) is 4.74 Å². The van der Waals surface area contributed by atoms with Crippen LogP contribution in [0.15, 0.2) is 53.4 Å². The van der Waals surface area contributed by atoms with Gasteiger partial charge in [0.2, 0.25) is 10.0 Å². The Morgan fingerprint density at radius 3 is 2.22 bits per heavy atom. The number of carbonyl (C=O) groups excluding carboxylic acids is 1. The number of hydrogen-bond donors (Lipinski definition) is 1. The third kappa shape index (κ3) is 5.44. The molecule has 0 fully saturated rings. The van der Waals surface area contributed by atoms with Crippen LogP contribution in [0.3, 0.4) is 0 Å². The van der Waals surface area contributed by atoms with Crippen LogP contribution in [-0.4, -0.2) is 45.5 Å². The number of amides is 1. The molecule has 1 N–H and O–H groups in total. The number of benzene rings is 2. The highest BCUT2D eigenvalue weighted by Crippen LogP contribution is 2.27. The van der Waals surface area contributed by atoms with Crippen molar-refractivity contribution in [2.45, 2.75) is 11.1 Å². The minimum atomic E-state index is -4.51. The van der Waals surface area contributed by atoms with E-state index in [1.165, 1.54) is 62.6 Å². The number of anilines is 1. The van der Waals surface area contributed by atoms with Gasteiger partial charge in [0.1, 0.15) is 5.75 Å². The number of sulfonamides is 1. The molecule has 0 saturated heterocycles. The van der Waals surface area contributed by atoms with E-state index in [1.54, 1.807) is 0 Å². The average Bonchev–Trinajstić information content (AvgIpc) is 2.60. The van der Waals surface area contributed by atoms with E-state index >= 15 is 0 Å². The van der Waals surface area contributed by atoms with Gasteiger partial charge in [-0.15, -0.1) is 0 Å². The smallest absolute Gasteiger partial charge is 0.422 e. The summed E-state index contributed by atoms with van der Waals surface area (Å²) in [6.07, 6.45) is -4.51. The molecule has 0 atom stereocenters. The van der Waals surface area contributed by atoms with E-state index in [0.29, 0.717) is 0 Å². The maximum Gasteiger partial charge on any atom is 0.422 e. The maximum absolute atomic E-state index is 12.3. The lowest BCUT2D eigenvalue weighted by molar-refractivity contribution is -0.153. The highest BCUT2D eigenvalue weighted by molar-refractivity contribution is 7.89. The van der Waals surface area contributed by atoms with Crippen LogP contribution in [0.1, 0.15) is 10.4 Å². The van der Waals surface area contributed by atoms with E-state index in [9.17, 15) is 26.4 Å². The van der Waals surface area contributed by atoms with Gasteiger partial charge in [0.15, 0.2) is 6.61 Å². The molecule has 1 amide bonds. The van der Waals surface area contributed by atoms with Crippen molar-refractivity contribution in [2.75, 3.05) is 26.0 Å². The van der Waals surface area contributed by atoms with Crippen LogP contribution in [0.5, 0.6) is 5.75 Å². The van der Waals surface area contributed by atoms with Crippen LogP contribution in [0.2, 0.25) is 0 Å². The summed E-state index contributed by atoms with van der Waals surface area (Å²) in [5.74, 6) is -0.748. The molecule has 0 unspecified atom stereocenters. The van der Waals surface area contributed by atoms with E-state index in [1.807, 2.05) is 0 Å². The lowest BCUT2D eigenvalue weighted by Gasteiger charge is -2.14. The summed E-state index contributed by atoms with van der Waals surface area (Å²) in [5.41, 5.74) is 0.204. The normalized spacial score (nSPS) is 12.1. The molecule has 10 heteroatoms. The highest BCUT2D eigenvalue weighted by atomic mass is 32.2. The van der Waals surface area contributed by atoms with Crippen LogP contribution in [0, 0.1) is 0 Å². The first kappa shape index (κ1) is 20.7. The minimum Gasteiger partial charge on any atom is -0.482 e. The van der Waals surface area contributed by atoms with E-state index in [0.717, 1.165) is 4.31 Å². The molecule has 0 saturated carbocycles. The molecule has 6 nitrogen and oxygen atoms in total. The zero-order chi connectivity index (χ0) is 20.2. The van der Waals surface area contributed by atoms with Gasteiger partial charge in [-0.2, -0.15) is 13.2 Å². The molecule has 0 spiro atoms. The van der Waals surface area contributed by atoms with Gasteiger partial charge >= 0.3 is 6.18 Å². The second-order valence-electron chi connectivity index (χ2n) is 5.67. The number of carbonyl (C=O) groups is 1. The van der Waals surface area contributed by atoms with Crippen molar-refractivity contribution >= 4 is 21.6 Å². The number of hydrogen-bond acceptors (Lipinski definition) is 4. The summed E-state index contributed by atoms with van der Waals surface area (Å²) in [4.78, 5) is 12.3. The van der Waals surface area contributed by atoms with Gasteiger partial charge in [-0.05, 0) is 36.4 Å². The summed E-state index contributed by atoms with van der Waals surface area (Å²) in [5, 5.41) is 2.45. The Hall–Kier alpha value is -2.59. The van der Waals surface area contributed by atoms with Gasteiger partial charge in [-0.25, -0.2) is 12.7 Å². The van der Waals surface area contributed by atoms with Crippen LogP contribution in [0.25, 0.3) is 0 Å². The fraction of sp³-hybridized carbons (Fsp3) is 0.235.